The third-order valence-electron chi connectivity index (χ3n) is 1.90. The van der Waals surface area contributed by atoms with Crippen molar-refractivity contribution in [1.82, 2.24) is 0 Å². The van der Waals surface area contributed by atoms with Gasteiger partial charge in [0.15, 0.2) is 0 Å². The Morgan fingerprint density at radius 2 is 1.38 bits per heavy atom. The van der Waals surface area contributed by atoms with E-state index < -0.39 is 0 Å². The van der Waals surface area contributed by atoms with E-state index >= 15 is 0 Å². The molecule has 0 aliphatic rings. The average molecular weight is 226 g/mol. The summed E-state index contributed by atoms with van der Waals surface area (Å²) in [6, 6.07) is 0. The topological polar surface area (TPSA) is 20.2 Å². The molecule has 16 heavy (non-hydrogen) atoms. The van der Waals surface area contributed by atoms with Crippen LogP contribution in [0.5, 0.6) is 0 Å². The quantitative estimate of drug-likeness (QED) is 0.476. The molecule has 0 aromatic carbocycles. The summed E-state index contributed by atoms with van der Waals surface area (Å²) in [5.41, 5.74) is 1.40. The van der Waals surface area contributed by atoms with E-state index in [4.69, 9.17) is 5.11 Å². The fourth-order valence-corrected chi connectivity index (χ4v) is 0.528. The summed E-state index contributed by atoms with van der Waals surface area (Å²) in [6.07, 6.45) is 5.00. The molecule has 0 fully saturated rings. The van der Waals surface area contributed by atoms with Gasteiger partial charge in [-0.05, 0) is 24.5 Å². The van der Waals surface area contributed by atoms with Crippen LogP contribution in [-0.2, 0) is 0 Å². The Morgan fingerprint density at radius 1 is 1.00 bits per heavy atom. The van der Waals surface area contributed by atoms with Crippen LogP contribution < -0.4 is 0 Å². The lowest BCUT2D eigenvalue weighted by atomic mass is 9.87. The lowest BCUT2D eigenvalue weighted by Gasteiger charge is -2.18. The fourth-order valence-electron chi connectivity index (χ4n) is 0.528. The van der Waals surface area contributed by atoms with Crippen molar-refractivity contribution in [3.8, 4) is 0 Å². The van der Waals surface area contributed by atoms with Crippen LogP contribution in [0.1, 0.15) is 55.4 Å². The summed E-state index contributed by atoms with van der Waals surface area (Å²) in [6.45, 7) is 19.9. The molecule has 0 aliphatic carbocycles. The van der Waals surface area contributed by atoms with Gasteiger partial charge in [0.05, 0.1) is 0 Å². The van der Waals surface area contributed by atoms with E-state index in [1.54, 1.807) is 6.08 Å². The Morgan fingerprint density at radius 3 is 1.62 bits per heavy atom. The molecule has 0 radical (unpaired) electrons. The Hall–Kier alpha value is -0.980. The zero-order valence-corrected chi connectivity index (χ0v) is 12.4. The normalized spacial score (nSPS) is 11.8. The molecule has 1 N–H and O–H groups in total. The molecule has 0 unspecified atom stereocenters. The predicted molar refractivity (Wildman–Crippen MR) is 76.8 cm³/mol. The van der Waals surface area contributed by atoms with Crippen LogP contribution in [-0.4, -0.2) is 5.11 Å². The molecule has 0 bridgehead atoms. The van der Waals surface area contributed by atoms with E-state index in [2.05, 4.69) is 27.4 Å². The van der Waals surface area contributed by atoms with Gasteiger partial charge in [-0.3, -0.25) is 0 Å². The fraction of sp³-hybridized carbons (Fsp3) is 0.600. The maximum atomic E-state index is 9.07. The van der Waals surface area contributed by atoms with Crippen LogP contribution in [0.3, 0.4) is 0 Å². The minimum Gasteiger partial charge on any atom is -0.508 e. The third-order valence-corrected chi connectivity index (χ3v) is 1.90. The average Bonchev–Trinajstić information content (AvgIpc) is 2.29. The highest BCUT2D eigenvalue weighted by molar-refractivity contribution is 5.21. The highest BCUT2D eigenvalue weighted by Crippen LogP contribution is 2.24. The van der Waals surface area contributed by atoms with E-state index in [1.165, 1.54) is 11.6 Å². The number of aliphatic hydroxyl groups excluding tert-OH is 1. The molecule has 0 rings (SSSR count). The second-order valence-electron chi connectivity index (χ2n) is 3.90. The van der Waals surface area contributed by atoms with Gasteiger partial charge in [-0.2, -0.15) is 0 Å². The van der Waals surface area contributed by atoms with Crippen molar-refractivity contribution in [2.24, 2.45) is 5.41 Å². The van der Waals surface area contributed by atoms with Gasteiger partial charge in [0, 0.05) is 0 Å². The highest BCUT2D eigenvalue weighted by Gasteiger charge is 2.10. The van der Waals surface area contributed by atoms with Crippen LogP contribution in [0.25, 0.3) is 0 Å². The van der Waals surface area contributed by atoms with Gasteiger partial charge in [-0.1, -0.05) is 66.7 Å². The molecule has 96 valence electrons. The first-order valence-electron chi connectivity index (χ1n) is 6.08. The van der Waals surface area contributed by atoms with Crippen LogP contribution >= 0.6 is 0 Å². The summed E-state index contributed by atoms with van der Waals surface area (Å²) >= 11 is 0. The molecule has 0 saturated carbocycles. The molecule has 0 saturated heterocycles. The summed E-state index contributed by atoms with van der Waals surface area (Å²) in [5.74, 6) is 0.207. The van der Waals surface area contributed by atoms with E-state index in [-0.39, 0.29) is 11.2 Å². The summed E-state index contributed by atoms with van der Waals surface area (Å²) < 4.78 is 0. The molecule has 1 heteroatoms. The van der Waals surface area contributed by atoms with Gasteiger partial charge < -0.3 is 5.11 Å². The van der Waals surface area contributed by atoms with Crippen molar-refractivity contribution in [3.05, 3.63) is 36.1 Å². The minimum absolute atomic E-state index is 0.165. The highest BCUT2D eigenvalue weighted by atomic mass is 16.3. The van der Waals surface area contributed by atoms with E-state index in [1.807, 2.05) is 40.7 Å². The molecule has 1 nitrogen and oxygen atoms in total. The zero-order valence-electron chi connectivity index (χ0n) is 12.4. The molecule has 0 spiro atoms. The maximum absolute atomic E-state index is 9.07. The first kappa shape index (κ1) is 20.4. The Labute approximate surface area is 103 Å². The number of allylic oxidation sites excluding steroid dienone is 4. The Balaban J connectivity index is -0.000000376. The first-order valence-corrected chi connectivity index (χ1v) is 6.08. The van der Waals surface area contributed by atoms with Gasteiger partial charge >= 0.3 is 0 Å². The third kappa shape index (κ3) is 13.0. The molecule has 0 aromatic rings. The molecular weight excluding hydrogens is 196 g/mol. The van der Waals surface area contributed by atoms with Gasteiger partial charge in [-0.25, -0.2) is 0 Å². The van der Waals surface area contributed by atoms with Crippen LogP contribution in [0.15, 0.2) is 36.1 Å². The lowest BCUT2D eigenvalue weighted by Crippen LogP contribution is -2.05. The second kappa shape index (κ2) is 12.1. The molecule has 0 heterocycles. The van der Waals surface area contributed by atoms with Crippen molar-refractivity contribution in [2.75, 3.05) is 0 Å². The van der Waals surface area contributed by atoms with Gasteiger partial charge in [-0.15, -0.1) is 0 Å². The van der Waals surface area contributed by atoms with E-state index in [0.717, 1.165) is 0 Å². The Bertz CT molecular complexity index is 214. The van der Waals surface area contributed by atoms with Gasteiger partial charge in [0.25, 0.3) is 0 Å². The number of hydrogen-bond acceptors (Lipinski definition) is 1. The lowest BCUT2D eigenvalue weighted by molar-refractivity contribution is 0.432. The molecule has 0 aliphatic heterocycles. The largest absolute Gasteiger partial charge is 0.508 e. The second-order valence-corrected chi connectivity index (χ2v) is 3.90. The van der Waals surface area contributed by atoms with E-state index in [0.29, 0.717) is 0 Å². The minimum atomic E-state index is 0.165. The van der Waals surface area contributed by atoms with Crippen molar-refractivity contribution < 1.29 is 5.11 Å². The van der Waals surface area contributed by atoms with Gasteiger partial charge in [0.1, 0.15) is 5.76 Å². The summed E-state index contributed by atoms with van der Waals surface area (Å²) in [4.78, 5) is 0. The SMILES string of the molecule is C=C/C(O)=C\C=C(/C)C(C)(C)C.CC.CC. The number of hydrogen-bond donors (Lipinski definition) is 1. The standard InChI is InChI=1S/C11H18O.2C2H6/c1-6-10(12)8-7-9(2)11(3,4)5;2*1-2/h6-8,12H,1H2,2-5H3;2*1-2H3/b9-7+,10-8+;;. The predicted octanol–water partition coefficient (Wildman–Crippen LogP) is 5.66. The van der Waals surface area contributed by atoms with Crippen LogP contribution in [0.4, 0.5) is 0 Å². The van der Waals surface area contributed by atoms with E-state index in [9.17, 15) is 0 Å². The van der Waals surface area contributed by atoms with Crippen LogP contribution in [0.2, 0.25) is 0 Å². The van der Waals surface area contributed by atoms with Crippen molar-refractivity contribution >= 4 is 0 Å². The zero-order chi connectivity index (χ0) is 13.8. The monoisotopic (exact) mass is 226 g/mol. The Kier molecular flexibility index (Phi) is 15.4. The van der Waals surface area contributed by atoms with Crippen molar-refractivity contribution in [3.63, 3.8) is 0 Å². The number of rotatable bonds is 2. The smallest absolute Gasteiger partial charge is 0.114 e. The summed E-state index contributed by atoms with van der Waals surface area (Å²) in [5, 5.41) is 9.07. The molecule has 0 amide bonds. The maximum Gasteiger partial charge on any atom is 0.114 e. The molecule has 0 aromatic heterocycles. The van der Waals surface area contributed by atoms with Crippen molar-refractivity contribution in [1.29, 1.82) is 0 Å². The first-order chi connectivity index (χ1) is 7.38. The van der Waals surface area contributed by atoms with Crippen LogP contribution in [0, 0.1) is 5.41 Å². The van der Waals surface area contributed by atoms with Crippen molar-refractivity contribution in [2.45, 2.75) is 55.4 Å². The van der Waals surface area contributed by atoms with Gasteiger partial charge in [0.2, 0.25) is 0 Å². The number of aliphatic hydroxyl groups is 1. The summed E-state index contributed by atoms with van der Waals surface area (Å²) in [7, 11) is 0. The molecule has 0 atom stereocenters. The molecular formula is C15H30O.